The molecule has 15 heavy (non-hydrogen) atoms. The first kappa shape index (κ1) is 10.9. The molecule has 1 heterocycles. The molecule has 5 heteroatoms. The van der Waals surface area contributed by atoms with Crippen molar-refractivity contribution >= 4 is 28.4 Å². The minimum atomic E-state index is -1.03. The number of hydrogen-bond donors (Lipinski definition) is 1. The zero-order valence-electron chi connectivity index (χ0n) is 8.28. The lowest BCUT2D eigenvalue weighted by atomic mass is 10.4. The topological polar surface area (TPSA) is 42.0 Å². The molecule has 1 aromatic heterocycles. The van der Waals surface area contributed by atoms with Crippen molar-refractivity contribution in [3.63, 3.8) is 0 Å². The Hall–Kier alpha value is -0.610. The van der Waals surface area contributed by atoms with Crippen molar-refractivity contribution in [1.29, 1.82) is 0 Å². The molecule has 82 valence electrons. The van der Waals surface area contributed by atoms with E-state index in [4.69, 9.17) is 11.6 Å². The predicted molar refractivity (Wildman–Crippen MR) is 63.3 cm³/mol. The molecule has 0 saturated heterocycles. The van der Waals surface area contributed by atoms with Crippen LogP contribution in [0.15, 0.2) is 18.2 Å². The van der Waals surface area contributed by atoms with E-state index in [1.54, 1.807) is 18.2 Å². The minimum absolute atomic E-state index is 0.269. The fourth-order valence-corrected chi connectivity index (χ4v) is 3.17. The van der Waals surface area contributed by atoms with Crippen LogP contribution in [0.4, 0.5) is 5.82 Å². The van der Waals surface area contributed by atoms with Crippen molar-refractivity contribution in [1.82, 2.24) is 4.98 Å². The molecule has 0 bridgehead atoms. The summed E-state index contributed by atoms with van der Waals surface area (Å²) in [6.07, 6.45) is 4.45. The summed E-state index contributed by atoms with van der Waals surface area (Å²) >= 11 is 5.74. The lowest BCUT2D eigenvalue weighted by molar-refractivity contribution is 0.673. The number of hydrogen-bond acceptors (Lipinski definition) is 2. The molecule has 3 nitrogen and oxygen atoms in total. The first-order chi connectivity index (χ1) is 7.25. The van der Waals surface area contributed by atoms with Gasteiger partial charge in [-0.3, -0.25) is 4.72 Å². The number of nitrogens with zero attached hydrogens (tertiary/aromatic N) is 1. The van der Waals surface area contributed by atoms with Gasteiger partial charge in [0.2, 0.25) is 0 Å². The molecule has 0 spiro atoms. The standard InChI is InChI=1S/C10H13ClN2OS/c11-9-6-3-7-10(12-9)13-15(14)8-4-1-2-5-8/h3,6-8H,1-2,4-5H2,(H,12,13). The Labute approximate surface area is 96.8 Å². The summed E-state index contributed by atoms with van der Waals surface area (Å²) in [6.45, 7) is 0. The lowest BCUT2D eigenvalue weighted by Crippen LogP contribution is -2.18. The van der Waals surface area contributed by atoms with E-state index in [9.17, 15) is 4.21 Å². The van der Waals surface area contributed by atoms with E-state index in [-0.39, 0.29) is 5.25 Å². The molecule has 1 aromatic rings. The molecule has 0 aliphatic heterocycles. The molecule has 1 fully saturated rings. The summed E-state index contributed by atoms with van der Waals surface area (Å²) < 4.78 is 14.7. The van der Waals surface area contributed by atoms with Crippen LogP contribution in [0.25, 0.3) is 0 Å². The highest BCUT2D eigenvalue weighted by molar-refractivity contribution is 7.87. The van der Waals surface area contributed by atoms with E-state index in [1.165, 1.54) is 12.8 Å². The Morgan fingerprint density at radius 1 is 1.40 bits per heavy atom. The molecule has 0 aromatic carbocycles. The number of halogens is 1. The molecule has 1 unspecified atom stereocenters. The van der Waals surface area contributed by atoms with Gasteiger partial charge in [0.05, 0.1) is 5.25 Å². The van der Waals surface area contributed by atoms with Crippen molar-refractivity contribution in [2.45, 2.75) is 30.9 Å². The number of pyridine rings is 1. The van der Waals surface area contributed by atoms with Crippen LogP contribution in [0.2, 0.25) is 5.15 Å². The zero-order chi connectivity index (χ0) is 10.7. The molecule has 1 aliphatic carbocycles. The summed E-state index contributed by atoms with van der Waals surface area (Å²) in [7, 11) is -1.03. The van der Waals surface area contributed by atoms with Crippen LogP contribution < -0.4 is 4.72 Å². The monoisotopic (exact) mass is 244 g/mol. The van der Waals surface area contributed by atoms with E-state index in [2.05, 4.69) is 9.71 Å². The number of rotatable bonds is 3. The Morgan fingerprint density at radius 2 is 2.13 bits per heavy atom. The van der Waals surface area contributed by atoms with Gasteiger partial charge in [-0.05, 0) is 25.0 Å². The largest absolute Gasteiger partial charge is 0.289 e. The van der Waals surface area contributed by atoms with Crippen LogP contribution in [0.1, 0.15) is 25.7 Å². The van der Waals surface area contributed by atoms with Gasteiger partial charge in [-0.15, -0.1) is 0 Å². The maximum atomic E-state index is 11.8. The van der Waals surface area contributed by atoms with Crippen LogP contribution >= 0.6 is 11.6 Å². The van der Waals surface area contributed by atoms with Crippen molar-refractivity contribution in [3.8, 4) is 0 Å². The second-order valence-corrected chi connectivity index (χ2v) is 5.50. The van der Waals surface area contributed by atoms with Gasteiger partial charge in [0, 0.05) is 0 Å². The van der Waals surface area contributed by atoms with E-state index < -0.39 is 11.0 Å². The van der Waals surface area contributed by atoms with E-state index in [0.29, 0.717) is 11.0 Å². The quantitative estimate of drug-likeness (QED) is 0.831. The zero-order valence-corrected chi connectivity index (χ0v) is 9.85. The molecular weight excluding hydrogens is 232 g/mol. The summed E-state index contributed by atoms with van der Waals surface area (Å²) in [4.78, 5) is 4.05. The van der Waals surface area contributed by atoms with Crippen LogP contribution in [0.5, 0.6) is 0 Å². The second kappa shape index (κ2) is 4.94. The highest BCUT2D eigenvalue weighted by Crippen LogP contribution is 2.23. The van der Waals surface area contributed by atoms with Gasteiger partial charge in [0.1, 0.15) is 22.0 Å². The summed E-state index contributed by atoms with van der Waals surface area (Å²) in [5.41, 5.74) is 0. The lowest BCUT2D eigenvalue weighted by Gasteiger charge is -2.10. The van der Waals surface area contributed by atoms with E-state index in [1.807, 2.05) is 0 Å². The third-order valence-corrected chi connectivity index (χ3v) is 4.22. The van der Waals surface area contributed by atoms with E-state index >= 15 is 0 Å². The highest BCUT2D eigenvalue weighted by atomic mass is 35.5. The highest BCUT2D eigenvalue weighted by Gasteiger charge is 2.21. The van der Waals surface area contributed by atoms with Crippen LogP contribution in [-0.4, -0.2) is 14.4 Å². The van der Waals surface area contributed by atoms with Crippen LogP contribution in [0, 0.1) is 0 Å². The normalized spacial score (nSPS) is 19.0. The van der Waals surface area contributed by atoms with Gasteiger partial charge in [0.15, 0.2) is 0 Å². The molecule has 1 saturated carbocycles. The van der Waals surface area contributed by atoms with Gasteiger partial charge in [-0.2, -0.15) is 0 Å². The minimum Gasteiger partial charge on any atom is -0.289 e. The van der Waals surface area contributed by atoms with Gasteiger partial charge in [-0.25, -0.2) is 9.19 Å². The Morgan fingerprint density at radius 3 is 2.80 bits per heavy atom. The smallest absolute Gasteiger partial charge is 0.139 e. The fraction of sp³-hybridized carbons (Fsp3) is 0.500. The first-order valence-electron chi connectivity index (χ1n) is 5.05. The number of aromatic nitrogens is 1. The average molecular weight is 245 g/mol. The van der Waals surface area contributed by atoms with Gasteiger partial charge < -0.3 is 0 Å². The van der Waals surface area contributed by atoms with Crippen molar-refractivity contribution < 1.29 is 4.21 Å². The molecule has 2 rings (SSSR count). The molecule has 0 radical (unpaired) electrons. The van der Waals surface area contributed by atoms with Crippen molar-refractivity contribution in [2.75, 3.05) is 4.72 Å². The molecule has 0 amide bonds. The number of nitrogens with one attached hydrogen (secondary N) is 1. The molecular formula is C10H13ClN2OS. The van der Waals surface area contributed by atoms with Crippen LogP contribution in [-0.2, 0) is 11.0 Å². The maximum Gasteiger partial charge on any atom is 0.139 e. The first-order valence-corrected chi connectivity index (χ1v) is 6.64. The Bertz CT molecular complexity index is 366. The maximum absolute atomic E-state index is 11.8. The predicted octanol–water partition coefficient (Wildman–Crippen LogP) is 2.75. The third-order valence-electron chi connectivity index (χ3n) is 2.53. The molecule has 1 N–H and O–H groups in total. The van der Waals surface area contributed by atoms with Crippen molar-refractivity contribution in [2.24, 2.45) is 0 Å². The van der Waals surface area contributed by atoms with E-state index in [0.717, 1.165) is 12.8 Å². The third kappa shape index (κ3) is 2.92. The van der Waals surface area contributed by atoms with Crippen LogP contribution in [0.3, 0.4) is 0 Å². The van der Waals surface area contributed by atoms with Gasteiger partial charge >= 0.3 is 0 Å². The fourth-order valence-electron chi connectivity index (χ4n) is 1.75. The Balaban J connectivity index is 1.99. The average Bonchev–Trinajstić information content (AvgIpc) is 2.70. The SMILES string of the molecule is O=S(Nc1cccc(Cl)n1)C1CCCC1. The second-order valence-electron chi connectivity index (χ2n) is 3.65. The summed E-state index contributed by atoms with van der Waals surface area (Å²) in [5, 5.41) is 0.689. The van der Waals surface area contributed by atoms with Gasteiger partial charge in [0.25, 0.3) is 0 Å². The van der Waals surface area contributed by atoms with Gasteiger partial charge in [-0.1, -0.05) is 30.5 Å². The Kier molecular flexibility index (Phi) is 3.59. The summed E-state index contributed by atoms with van der Waals surface area (Å²) in [5.74, 6) is 0.590. The molecule has 1 atom stereocenters. The number of anilines is 1. The van der Waals surface area contributed by atoms with Crippen molar-refractivity contribution in [3.05, 3.63) is 23.4 Å². The molecule has 1 aliphatic rings. The summed E-state index contributed by atoms with van der Waals surface area (Å²) in [6, 6.07) is 5.27.